The first kappa shape index (κ1) is 22.9. The summed E-state index contributed by atoms with van der Waals surface area (Å²) >= 11 is 2.34. The number of hydrogen-bond donors (Lipinski definition) is 1. The van der Waals surface area contributed by atoms with E-state index in [4.69, 9.17) is 0 Å². The van der Waals surface area contributed by atoms with E-state index in [9.17, 15) is 13.5 Å². The fourth-order valence-corrected chi connectivity index (χ4v) is 5.49. The van der Waals surface area contributed by atoms with Gasteiger partial charge in [-0.25, -0.2) is 8.42 Å². The molecule has 0 amide bonds. The maximum atomic E-state index is 13.2. The van der Waals surface area contributed by atoms with Crippen molar-refractivity contribution in [3.63, 3.8) is 0 Å². The van der Waals surface area contributed by atoms with Gasteiger partial charge >= 0.3 is 0 Å². The van der Waals surface area contributed by atoms with Gasteiger partial charge in [0.1, 0.15) is 0 Å². The molecule has 2 unspecified atom stereocenters. The fraction of sp³-hybridized carbons (Fsp3) is 0.684. The molecule has 0 spiro atoms. The van der Waals surface area contributed by atoms with Crippen molar-refractivity contribution >= 4 is 32.6 Å². The van der Waals surface area contributed by atoms with Crippen molar-refractivity contribution in [1.29, 1.82) is 0 Å². The molecule has 0 radical (unpaired) electrons. The summed E-state index contributed by atoms with van der Waals surface area (Å²) in [7, 11) is -3.61. The Bertz CT molecular complexity index is 602. The van der Waals surface area contributed by atoms with Gasteiger partial charge < -0.3 is 5.11 Å². The summed E-state index contributed by atoms with van der Waals surface area (Å²) in [6.07, 6.45) is 2.49. The molecule has 144 valence electrons. The molecule has 4 nitrogen and oxygen atoms in total. The molecule has 0 aliphatic carbocycles. The molecular weight excluding hydrogens is 449 g/mol. The molecule has 1 N–H and O–H groups in total. The van der Waals surface area contributed by atoms with E-state index in [1.54, 1.807) is 12.1 Å². The molecule has 6 heteroatoms. The zero-order chi connectivity index (χ0) is 19.0. The second-order valence-electron chi connectivity index (χ2n) is 7.27. The van der Waals surface area contributed by atoms with Crippen LogP contribution in [-0.2, 0) is 10.0 Å². The molecule has 25 heavy (non-hydrogen) atoms. The third-order valence-electron chi connectivity index (χ3n) is 4.45. The van der Waals surface area contributed by atoms with Gasteiger partial charge in [-0.2, -0.15) is 4.31 Å². The van der Waals surface area contributed by atoms with Crippen LogP contribution < -0.4 is 0 Å². The minimum atomic E-state index is -3.61. The van der Waals surface area contributed by atoms with E-state index in [2.05, 4.69) is 43.4 Å². The number of nitrogens with zero attached hydrogens (tertiary/aromatic N) is 1. The minimum Gasteiger partial charge on any atom is -0.395 e. The van der Waals surface area contributed by atoms with Gasteiger partial charge in [0.25, 0.3) is 0 Å². The van der Waals surface area contributed by atoms with Crippen LogP contribution in [0.3, 0.4) is 0 Å². The van der Waals surface area contributed by atoms with E-state index in [-0.39, 0.29) is 12.6 Å². The molecule has 1 rings (SSSR count). The van der Waals surface area contributed by atoms with Crippen LogP contribution in [0.2, 0.25) is 0 Å². The Kier molecular flexibility index (Phi) is 9.92. The van der Waals surface area contributed by atoms with Crippen LogP contribution in [0.1, 0.15) is 45.6 Å². The van der Waals surface area contributed by atoms with Gasteiger partial charge in [-0.15, -0.1) is 0 Å². The van der Waals surface area contributed by atoms with Crippen molar-refractivity contribution in [3.05, 3.63) is 29.8 Å². The van der Waals surface area contributed by atoms with Gasteiger partial charge in [0.2, 0.25) is 10.0 Å². The Balaban J connectivity index is 3.13. The molecule has 2 atom stereocenters. The first-order valence-electron chi connectivity index (χ1n) is 8.97. The average Bonchev–Trinajstić information content (AvgIpc) is 2.54. The van der Waals surface area contributed by atoms with Crippen LogP contribution in [0.4, 0.5) is 0 Å². The molecule has 0 saturated carbocycles. The van der Waals surface area contributed by atoms with Crippen LogP contribution in [0, 0.1) is 18.8 Å². The zero-order valence-electron chi connectivity index (χ0n) is 15.8. The summed E-state index contributed by atoms with van der Waals surface area (Å²) in [4.78, 5) is 0.307. The van der Waals surface area contributed by atoms with Crippen LogP contribution >= 0.6 is 22.6 Å². The third-order valence-corrected chi connectivity index (χ3v) is 7.04. The molecule has 1 aromatic rings. The predicted octanol–water partition coefficient (Wildman–Crippen LogP) is 4.24. The lowest BCUT2D eigenvalue weighted by Gasteiger charge is -2.32. The number of hydrogen-bond acceptors (Lipinski definition) is 3. The van der Waals surface area contributed by atoms with E-state index < -0.39 is 10.0 Å². The lowest BCUT2D eigenvalue weighted by atomic mass is 9.99. The standard InChI is InChI=1S/C19H32INO3S/c1-15(2)10-12-21(18(14-22)13-17(4)9-11-20)25(23,24)19-7-5-16(3)6-8-19/h5-8,15,17-18,22H,9-14H2,1-4H3. The smallest absolute Gasteiger partial charge is 0.243 e. The maximum absolute atomic E-state index is 13.2. The van der Waals surface area contributed by atoms with Crippen molar-refractivity contribution in [2.75, 3.05) is 17.6 Å². The summed E-state index contributed by atoms with van der Waals surface area (Å²) in [6, 6.07) is 6.59. The normalized spacial score (nSPS) is 14.9. The molecular formula is C19H32INO3S. The second-order valence-corrected chi connectivity index (χ2v) is 10.2. The van der Waals surface area contributed by atoms with Gasteiger partial charge in [0.05, 0.1) is 11.5 Å². The van der Waals surface area contributed by atoms with Crippen molar-refractivity contribution in [1.82, 2.24) is 4.31 Å². The van der Waals surface area contributed by atoms with E-state index in [1.807, 2.05) is 19.1 Å². The monoisotopic (exact) mass is 481 g/mol. The largest absolute Gasteiger partial charge is 0.395 e. The summed E-state index contributed by atoms with van der Waals surface area (Å²) in [5.41, 5.74) is 1.03. The van der Waals surface area contributed by atoms with Gasteiger partial charge in [-0.1, -0.05) is 61.1 Å². The van der Waals surface area contributed by atoms with Crippen LogP contribution in [0.5, 0.6) is 0 Å². The molecule has 0 heterocycles. The lowest BCUT2D eigenvalue weighted by Crippen LogP contribution is -2.44. The minimum absolute atomic E-state index is 0.144. The van der Waals surface area contributed by atoms with E-state index in [0.29, 0.717) is 29.7 Å². The topological polar surface area (TPSA) is 57.6 Å². The Morgan fingerprint density at radius 1 is 1.12 bits per heavy atom. The highest BCUT2D eigenvalue weighted by Crippen LogP contribution is 2.24. The Morgan fingerprint density at radius 3 is 2.20 bits per heavy atom. The third kappa shape index (κ3) is 7.15. The number of aliphatic hydroxyl groups excluding tert-OH is 1. The second kappa shape index (κ2) is 10.8. The predicted molar refractivity (Wildman–Crippen MR) is 113 cm³/mol. The van der Waals surface area contributed by atoms with Crippen molar-refractivity contribution in [3.8, 4) is 0 Å². The fourth-order valence-electron chi connectivity index (χ4n) is 2.78. The van der Waals surface area contributed by atoms with Gasteiger partial charge in [-0.3, -0.25) is 0 Å². The Morgan fingerprint density at radius 2 is 1.72 bits per heavy atom. The summed E-state index contributed by atoms with van der Waals surface area (Å²) in [5, 5.41) is 9.93. The number of rotatable bonds is 11. The quantitative estimate of drug-likeness (QED) is 0.380. The first-order chi connectivity index (χ1) is 11.7. The van der Waals surface area contributed by atoms with Crippen LogP contribution in [-0.4, -0.2) is 41.5 Å². The SMILES string of the molecule is Cc1ccc(S(=O)(=O)N(CCC(C)C)C(CO)CC(C)CCI)cc1. The Labute approximate surface area is 167 Å². The van der Waals surface area contributed by atoms with Crippen molar-refractivity contribution in [2.45, 2.75) is 57.9 Å². The van der Waals surface area contributed by atoms with Crippen LogP contribution in [0.15, 0.2) is 29.2 Å². The molecule has 1 aromatic carbocycles. The number of sulfonamides is 1. The van der Waals surface area contributed by atoms with Gasteiger partial charge in [0.15, 0.2) is 0 Å². The van der Waals surface area contributed by atoms with E-state index in [1.165, 1.54) is 4.31 Å². The molecule has 0 aliphatic heterocycles. The van der Waals surface area contributed by atoms with E-state index in [0.717, 1.165) is 22.8 Å². The highest BCUT2D eigenvalue weighted by molar-refractivity contribution is 14.1. The number of halogens is 1. The maximum Gasteiger partial charge on any atom is 0.243 e. The number of benzene rings is 1. The van der Waals surface area contributed by atoms with E-state index >= 15 is 0 Å². The summed E-state index contributed by atoms with van der Waals surface area (Å²) in [5.74, 6) is 0.783. The van der Waals surface area contributed by atoms with Crippen LogP contribution in [0.25, 0.3) is 0 Å². The molecule has 0 aromatic heterocycles. The van der Waals surface area contributed by atoms with Gasteiger partial charge in [-0.05, 0) is 54.6 Å². The number of aliphatic hydroxyl groups is 1. The molecule has 0 aliphatic rings. The molecule has 0 bridgehead atoms. The Hall–Kier alpha value is -0.180. The van der Waals surface area contributed by atoms with Gasteiger partial charge in [0, 0.05) is 12.6 Å². The van der Waals surface area contributed by atoms with Crippen molar-refractivity contribution < 1.29 is 13.5 Å². The first-order valence-corrected chi connectivity index (χ1v) is 11.9. The summed E-state index contributed by atoms with van der Waals surface area (Å²) < 4.78 is 29.0. The number of alkyl halides is 1. The number of aryl methyl sites for hydroxylation is 1. The van der Waals surface area contributed by atoms with Crippen molar-refractivity contribution in [2.24, 2.45) is 11.8 Å². The highest BCUT2D eigenvalue weighted by Gasteiger charge is 2.31. The lowest BCUT2D eigenvalue weighted by molar-refractivity contribution is 0.161. The highest BCUT2D eigenvalue weighted by atomic mass is 127. The summed E-state index contributed by atoms with van der Waals surface area (Å²) in [6.45, 7) is 8.53. The molecule has 0 fully saturated rings. The average molecular weight is 481 g/mol. The molecule has 0 saturated heterocycles. The zero-order valence-corrected chi connectivity index (χ0v) is 18.8.